The number of anilines is 1. The molecule has 0 aliphatic carbocycles. The van der Waals surface area contributed by atoms with Crippen LogP contribution in [0.15, 0.2) is 24.3 Å². The summed E-state index contributed by atoms with van der Waals surface area (Å²) in [6.45, 7) is 1.91. The molecule has 0 atom stereocenters. The third-order valence-electron chi connectivity index (χ3n) is 2.96. The zero-order valence-electron chi connectivity index (χ0n) is 12.2. The van der Waals surface area contributed by atoms with Crippen molar-refractivity contribution in [2.75, 3.05) is 12.4 Å². The topological polar surface area (TPSA) is 91.3 Å². The molecule has 0 radical (unpaired) electrons. The first-order chi connectivity index (χ1) is 10.5. The fraction of sp³-hybridized carbons (Fsp3) is 0.267. The summed E-state index contributed by atoms with van der Waals surface area (Å²) in [7, 11) is 1.60. The predicted molar refractivity (Wildman–Crippen MR) is 81.7 cm³/mol. The van der Waals surface area contributed by atoms with Crippen LogP contribution in [0.4, 0.5) is 5.13 Å². The maximum absolute atomic E-state index is 11.6. The number of carboxylic acid groups (broad SMARTS) is 1. The number of hydrogen-bond donors (Lipinski definition) is 1. The van der Waals surface area contributed by atoms with Gasteiger partial charge in [-0.3, -0.25) is 4.79 Å². The molecule has 0 fully saturated rings. The van der Waals surface area contributed by atoms with Gasteiger partial charge in [-0.25, -0.2) is 4.98 Å². The lowest BCUT2D eigenvalue weighted by atomic mass is 10.1. The normalized spacial score (nSPS) is 10.3. The van der Waals surface area contributed by atoms with Crippen molar-refractivity contribution in [2.24, 2.45) is 0 Å². The van der Waals surface area contributed by atoms with Gasteiger partial charge >= 0.3 is 0 Å². The summed E-state index contributed by atoms with van der Waals surface area (Å²) in [6.07, 6.45) is -0.430. The van der Waals surface area contributed by atoms with E-state index in [1.165, 1.54) is 11.3 Å². The molecule has 1 heterocycles. The van der Waals surface area contributed by atoms with Crippen LogP contribution in [0.3, 0.4) is 0 Å². The fourth-order valence-corrected chi connectivity index (χ4v) is 2.72. The van der Waals surface area contributed by atoms with Crippen LogP contribution < -0.4 is 15.2 Å². The van der Waals surface area contributed by atoms with Gasteiger partial charge in [0.15, 0.2) is 5.13 Å². The molecule has 2 rings (SSSR count). The quantitative estimate of drug-likeness (QED) is 0.873. The number of thiazole rings is 1. The molecule has 0 saturated carbocycles. The number of hydrogen-bond acceptors (Lipinski definition) is 6. The zero-order valence-corrected chi connectivity index (χ0v) is 13.0. The number of methoxy groups -OCH3 is 1. The first kappa shape index (κ1) is 16.0. The van der Waals surface area contributed by atoms with Crippen molar-refractivity contribution in [2.45, 2.75) is 19.8 Å². The van der Waals surface area contributed by atoms with Gasteiger partial charge in [-0.2, -0.15) is 0 Å². The molecule has 1 amide bonds. The van der Waals surface area contributed by atoms with E-state index in [1.807, 2.05) is 31.2 Å². The molecule has 22 heavy (non-hydrogen) atoms. The number of aryl methyl sites for hydroxylation is 1. The van der Waals surface area contributed by atoms with E-state index in [4.69, 9.17) is 4.74 Å². The second-order valence-electron chi connectivity index (χ2n) is 4.57. The van der Waals surface area contributed by atoms with Crippen molar-refractivity contribution in [3.8, 4) is 17.0 Å². The molecule has 7 heteroatoms. The van der Waals surface area contributed by atoms with Gasteiger partial charge < -0.3 is 20.0 Å². The minimum atomic E-state index is -1.25. The third-order valence-corrected chi connectivity index (χ3v) is 3.85. The summed E-state index contributed by atoms with van der Waals surface area (Å²) in [5.74, 6) is -0.879. The van der Waals surface area contributed by atoms with Crippen molar-refractivity contribution < 1.29 is 19.4 Å². The Morgan fingerprint density at radius 3 is 2.55 bits per heavy atom. The molecular weight excluding hydrogens is 304 g/mol. The Morgan fingerprint density at radius 2 is 1.95 bits per heavy atom. The van der Waals surface area contributed by atoms with E-state index in [-0.39, 0.29) is 18.7 Å². The average Bonchev–Trinajstić information content (AvgIpc) is 2.85. The lowest BCUT2D eigenvalue weighted by Gasteiger charge is -2.02. The first-order valence-corrected chi connectivity index (χ1v) is 7.43. The molecule has 2 aromatic rings. The van der Waals surface area contributed by atoms with E-state index in [2.05, 4.69) is 10.3 Å². The van der Waals surface area contributed by atoms with Crippen molar-refractivity contribution in [1.82, 2.24) is 4.98 Å². The number of nitrogens with zero attached hydrogens (tertiary/aromatic N) is 1. The van der Waals surface area contributed by atoms with E-state index in [0.717, 1.165) is 21.9 Å². The fourth-order valence-electron chi connectivity index (χ4n) is 1.86. The van der Waals surface area contributed by atoms with E-state index >= 15 is 0 Å². The zero-order chi connectivity index (χ0) is 16.1. The van der Waals surface area contributed by atoms with Crippen molar-refractivity contribution in [1.29, 1.82) is 0 Å². The highest BCUT2D eigenvalue weighted by molar-refractivity contribution is 7.16. The van der Waals surface area contributed by atoms with Gasteiger partial charge in [0.2, 0.25) is 5.91 Å². The van der Waals surface area contributed by atoms with Crippen LogP contribution in [0, 0.1) is 6.92 Å². The Morgan fingerprint density at radius 1 is 1.27 bits per heavy atom. The second kappa shape index (κ2) is 7.04. The summed E-state index contributed by atoms with van der Waals surface area (Å²) in [5, 5.41) is 13.4. The highest BCUT2D eigenvalue weighted by Crippen LogP contribution is 2.31. The monoisotopic (exact) mass is 319 g/mol. The van der Waals surface area contributed by atoms with Gasteiger partial charge in [0.05, 0.1) is 12.8 Å². The van der Waals surface area contributed by atoms with Gasteiger partial charge in [-0.15, -0.1) is 11.3 Å². The minimum Gasteiger partial charge on any atom is -0.550 e. The number of carbonyl (C=O) groups excluding carboxylic acids is 2. The Balaban J connectivity index is 2.10. The summed E-state index contributed by atoms with van der Waals surface area (Å²) in [4.78, 5) is 27.3. The highest BCUT2D eigenvalue weighted by atomic mass is 32.1. The summed E-state index contributed by atoms with van der Waals surface area (Å²) >= 11 is 1.34. The van der Waals surface area contributed by atoms with Gasteiger partial charge in [-0.05, 0) is 37.6 Å². The first-order valence-electron chi connectivity index (χ1n) is 6.61. The smallest absolute Gasteiger partial charge is 0.226 e. The van der Waals surface area contributed by atoms with E-state index in [9.17, 15) is 14.7 Å². The maximum atomic E-state index is 11.6. The van der Waals surface area contributed by atoms with Crippen molar-refractivity contribution in [3.63, 3.8) is 0 Å². The van der Waals surface area contributed by atoms with Crippen LogP contribution >= 0.6 is 11.3 Å². The average molecular weight is 319 g/mol. The summed E-state index contributed by atoms with van der Waals surface area (Å²) in [5.41, 5.74) is 1.70. The number of benzene rings is 1. The lowest BCUT2D eigenvalue weighted by Crippen LogP contribution is -2.24. The molecule has 0 bridgehead atoms. The minimum absolute atomic E-state index is 0.126. The van der Waals surface area contributed by atoms with Gasteiger partial charge in [0, 0.05) is 22.8 Å². The van der Waals surface area contributed by atoms with Crippen LogP contribution in [-0.4, -0.2) is 24.0 Å². The molecule has 116 valence electrons. The number of rotatable bonds is 6. The SMILES string of the molecule is COc1ccc(-c2nc(NC(=O)CCC(=O)[O-])sc2C)cc1. The Hall–Kier alpha value is -2.41. The largest absolute Gasteiger partial charge is 0.550 e. The standard InChI is InChI=1S/C15H16N2O4S/c1-9-14(10-3-5-11(21-2)6-4-10)17-15(22-9)16-12(18)7-8-13(19)20/h3-6H,7-8H2,1-2H3,(H,19,20)(H,16,17,18)/p-1. The lowest BCUT2D eigenvalue weighted by molar-refractivity contribution is -0.305. The van der Waals surface area contributed by atoms with Gasteiger partial charge in [0.1, 0.15) is 5.75 Å². The second-order valence-corrected chi connectivity index (χ2v) is 5.78. The van der Waals surface area contributed by atoms with Crippen LogP contribution in [0.2, 0.25) is 0 Å². The van der Waals surface area contributed by atoms with E-state index in [0.29, 0.717) is 5.13 Å². The number of carboxylic acids is 1. The molecule has 0 aliphatic rings. The number of aromatic nitrogens is 1. The Bertz CT molecular complexity index is 679. The summed E-state index contributed by atoms with van der Waals surface area (Å²) < 4.78 is 5.11. The highest BCUT2D eigenvalue weighted by Gasteiger charge is 2.12. The van der Waals surface area contributed by atoms with Gasteiger partial charge in [-0.1, -0.05) is 0 Å². The Kier molecular flexibility index (Phi) is 5.11. The van der Waals surface area contributed by atoms with Crippen molar-refractivity contribution in [3.05, 3.63) is 29.1 Å². The van der Waals surface area contributed by atoms with E-state index in [1.54, 1.807) is 7.11 Å². The molecule has 0 spiro atoms. The maximum Gasteiger partial charge on any atom is 0.226 e. The number of carbonyl (C=O) groups is 2. The van der Waals surface area contributed by atoms with Crippen LogP contribution in [-0.2, 0) is 9.59 Å². The molecule has 0 saturated heterocycles. The molecule has 1 aromatic heterocycles. The van der Waals surface area contributed by atoms with Crippen LogP contribution in [0.25, 0.3) is 11.3 Å². The van der Waals surface area contributed by atoms with Crippen LogP contribution in [0.1, 0.15) is 17.7 Å². The van der Waals surface area contributed by atoms with Gasteiger partial charge in [0.25, 0.3) is 0 Å². The number of aliphatic carboxylic acids is 1. The number of amides is 1. The number of ether oxygens (including phenoxy) is 1. The molecule has 0 unspecified atom stereocenters. The predicted octanol–water partition coefficient (Wildman–Crippen LogP) is 1.60. The molecule has 0 aliphatic heterocycles. The Labute approximate surface area is 131 Å². The molecule has 6 nitrogen and oxygen atoms in total. The van der Waals surface area contributed by atoms with Crippen molar-refractivity contribution >= 4 is 28.3 Å². The van der Waals surface area contributed by atoms with E-state index < -0.39 is 5.97 Å². The van der Waals surface area contributed by atoms with Crippen LogP contribution in [0.5, 0.6) is 5.75 Å². The third kappa shape index (κ3) is 4.05. The molecule has 1 aromatic carbocycles. The molecule has 1 N–H and O–H groups in total. The summed E-state index contributed by atoms with van der Waals surface area (Å²) in [6, 6.07) is 7.46. The molecular formula is C15H15N2O4S-. The number of nitrogens with one attached hydrogen (secondary N) is 1.